The molecule has 2 aromatic rings. The molecule has 0 atom stereocenters. The van der Waals surface area contributed by atoms with Crippen molar-refractivity contribution in [3.8, 4) is 11.5 Å². The predicted molar refractivity (Wildman–Crippen MR) is 50.1 cm³/mol. The number of aromatic nitrogens is 2. The summed E-state index contributed by atoms with van der Waals surface area (Å²) >= 11 is 5.72. The van der Waals surface area contributed by atoms with Gasteiger partial charge in [0.2, 0.25) is 0 Å². The Morgan fingerprint density at radius 3 is 2.93 bits per heavy atom. The van der Waals surface area contributed by atoms with Gasteiger partial charge in [0.1, 0.15) is 17.2 Å². The minimum Gasteiger partial charge on any atom is -0.463 e. The summed E-state index contributed by atoms with van der Waals surface area (Å²) < 4.78 is 5.11. The third-order valence-corrected chi connectivity index (χ3v) is 2.01. The van der Waals surface area contributed by atoms with Crippen LogP contribution in [0.5, 0.6) is 0 Å². The lowest BCUT2D eigenvalue weighted by molar-refractivity contribution is 0.112. The molecule has 0 N–H and O–H groups in total. The van der Waals surface area contributed by atoms with Crippen molar-refractivity contribution in [1.29, 1.82) is 0 Å². The summed E-state index contributed by atoms with van der Waals surface area (Å²) in [6.45, 7) is 0. The van der Waals surface area contributed by atoms with Crippen LogP contribution in [0.15, 0.2) is 29.1 Å². The molecule has 2 heterocycles. The zero-order valence-corrected chi connectivity index (χ0v) is 7.73. The van der Waals surface area contributed by atoms with Gasteiger partial charge in [-0.15, -0.1) is 0 Å². The summed E-state index contributed by atoms with van der Waals surface area (Å²) in [5.41, 5.74) is 0.647. The van der Waals surface area contributed by atoms with Crippen LogP contribution >= 0.6 is 11.6 Å². The highest BCUT2D eigenvalue weighted by atomic mass is 35.5. The van der Waals surface area contributed by atoms with E-state index in [1.807, 2.05) is 0 Å². The molecule has 0 radical (unpaired) electrons. The molecule has 0 bridgehead atoms. The molecule has 0 aliphatic heterocycles. The Bertz CT molecular complexity index is 454. The van der Waals surface area contributed by atoms with Gasteiger partial charge in [0, 0.05) is 0 Å². The fraction of sp³-hybridized carbons (Fsp3) is 0. The van der Waals surface area contributed by atoms with Crippen molar-refractivity contribution >= 4 is 17.9 Å². The van der Waals surface area contributed by atoms with E-state index in [1.165, 1.54) is 12.6 Å². The van der Waals surface area contributed by atoms with Gasteiger partial charge >= 0.3 is 0 Å². The molecule has 0 unspecified atom stereocenters. The fourth-order valence-electron chi connectivity index (χ4n) is 1.09. The maximum atomic E-state index is 10.7. The van der Waals surface area contributed by atoms with E-state index in [9.17, 15) is 4.79 Å². The van der Waals surface area contributed by atoms with Crippen LogP contribution < -0.4 is 0 Å². The minimum absolute atomic E-state index is 0.126. The van der Waals surface area contributed by atoms with Crippen molar-refractivity contribution < 1.29 is 9.21 Å². The molecule has 2 rings (SSSR count). The summed E-state index contributed by atoms with van der Waals surface area (Å²) in [6.07, 6.45) is 3.40. The van der Waals surface area contributed by atoms with E-state index in [0.717, 1.165) is 0 Å². The maximum Gasteiger partial charge on any atom is 0.155 e. The van der Waals surface area contributed by atoms with E-state index in [4.69, 9.17) is 16.0 Å². The zero-order chi connectivity index (χ0) is 9.97. The van der Waals surface area contributed by atoms with Crippen LogP contribution in [0.4, 0.5) is 0 Å². The van der Waals surface area contributed by atoms with E-state index >= 15 is 0 Å². The summed E-state index contributed by atoms with van der Waals surface area (Å²) in [5, 5.41) is 0.126. The first-order chi connectivity index (χ1) is 6.83. The number of rotatable bonds is 2. The second-order valence-electron chi connectivity index (χ2n) is 2.52. The van der Waals surface area contributed by atoms with Crippen LogP contribution in [-0.4, -0.2) is 16.3 Å². The predicted octanol–water partition coefficient (Wildman–Crippen LogP) is 2.20. The topological polar surface area (TPSA) is 56.0 Å². The first kappa shape index (κ1) is 8.90. The third-order valence-electron chi connectivity index (χ3n) is 1.71. The van der Waals surface area contributed by atoms with Crippen molar-refractivity contribution in [1.82, 2.24) is 9.97 Å². The smallest absolute Gasteiger partial charge is 0.155 e. The normalized spacial score (nSPS) is 10.1. The molecule has 4 nitrogen and oxygen atoms in total. The molecule has 0 aromatic carbocycles. The van der Waals surface area contributed by atoms with Gasteiger partial charge in [-0.25, -0.2) is 9.97 Å². The molecule has 14 heavy (non-hydrogen) atoms. The molecule has 0 saturated heterocycles. The Morgan fingerprint density at radius 2 is 2.29 bits per heavy atom. The van der Waals surface area contributed by atoms with Crippen molar-refractivity contribution in [2.75, 3.05) is 0 Å². The number of nitrogens with zero attached hydrogens (tertiary/aromatic N) is 2. The lowest BCUT2D eigenvalue weighted by Crippen LogP contribution is -1.94. The molecule has 0 fully saturated rings. The molecule has 0 aliphatic carbocycles. The number of furan rings is 1. The van der Waals surface area contributed by atoms with E-state index in [2.05, 4.69) is 9.97 Å². The molecule has 0 amide bonds. The Labute approximate surface area is 84.6 Å². The first-order valence-corrected chi connectivity index (χ1v) is 4.20. The molecular formula is C9H5ClN2O2. The van der Waals surface area contributed by atoms with E-state index in [1.54, 1.807) is 12.1 Å². The van der Waals surface area contributed by atoms with E-state index < -0.39 is 0 Å². The highest BCUT2D eigenvalue weighted by molar-refractivity contribution is 6.32. The molecule has 5 heteroatoms. The second kappa shape index (κ2) is 3.59. The average molecular weight is 209 g/mol. The minimum atomic E-state index is 0.126. The van der Waals surface area contributed by atoms with E-state index in [0.29, 0.717) is 17.7 Å². The highest BCUT2D eigenvalue weighted by Gasteiger charge is 2.12. The fourth-order valence-corrected chi connectivity index (χ4v) is 1.27. The highest BCUT2D eigenvalue weighted by Crippen LogP contribution is 2.23. The first-order valence-electron chi connectivity index (χ1n) is 3.82. The van der Waals surface area contributed by atoms with Crippen LogP contribution in [0.2, 0.25) is 5.15 Å². The Morgan fingerprint density at radius 1 is 1.43 bits per heavy atom. The summed E-state index contributed by atoms with van der Waals surface area (Å²) in [6, 6.07) is 3.41. The molecular weight excluding hydrogens is 204 g/mol. The summed E-state index contributed by atoms with van der Waals surface area (Å²) in [7, 11) is 0. The van der Waals surface area contributed by atoms with Crippen LogP contribution in [0.25, 0.3) is 11.5 Å². The van der Waals surface area contributed by atoms with Gasteiger partial charge < -0.3 is 4.42 Å². The number of aldehydes is 1. The van der Waals surface area contributed by atoms with Gasteiger partial charge in [0.25, 0.3) is 0 Å². The Kier molecular flexibility index (Phi) is 2.28. The maximum absolute atomic E-state index is 10.7. The number of hydrogen-bond acceptors (Lipinski definition) is 4. The average Bonchev–Trinajstić information content (AvgIpc) is 2.70. The standard InChI is InChI=1S/C9H5ClN2O2/c10-9-6(4-13)8(11-5-12-9)7-2-1-3-14-7/h1-5H. The van der Waals surface area contributed by atoms with Gasteiger partial charge in [-0.1, -0.05) is 11.6 Å². The lowest BCUT2D eigenvalue weighted by atomic mass is 10.2. The number of carbonyl (C=O) groups is 1. The zero-order valence-electron chi connectivity index (χ0n) is 6.98. The van der Waals surface area contributed by atoms with Gasteiger partial charge in [0.15, 0.2) is 12.0 Å². The molecule has 70 valence electrons. The van der Waals surface area contributed by atoms with Crippen molar-refractivity contribution in [2.24, 2.45) is 0 Å². The lowest BCUT2D eigenvalue weighted by Gasteiger charge is -2.00. The number of halogens is 1. The van der Waals surface area contributed by atoms with Crippen LogP contribution in [-0.2, 0) is 0 Å². The van der Waals surface area contributed by atoms with Crippen molar-refractivity contribution in [3.63, 3.8) is 0 Å². The summed E-state index contributed by atoms with van der Waals surface area (Å²) in [4.78, 5) is 18.4. The number of hydrogen-bond donors (Lipinski definition) is 0. The molecule has 0 spiro atoms. The largest absolute Gasteiger partial charge is 0.463 e. The van der Waals surface area contributed by atoms with Gasteiger partial charge in [-0.05, 0) is 12.1 Å². The van der Waals surface area contributed by atoms with Gasteiger partial charge in [-0.3, -0.25) is 4.79 Å². The molecule has 0 saturated carbocycles. The Hall–Kier alpha value is -1.68. The van der Waals surface area contributed by atoms with E-state index in [-0.39, 0.29) is 10.7 Å². The van der Waals surface area contributed by atoms with Crippen molar-refractivity contribution in [3.05, 3.63) is 35.4 Å². The Balaban J connectivity index is 2.64. The van der Waals surface area contributed by atoms with Gasteiger partial charge in [0.05, 0.1) is 11.8 Å². The molecule has 2 aromatic heterocycles. The summed E-state index contributed by atoms with van der Waals surface area (Å²) in [5.74, 6) is 0.497. The monoisotopic (exact) mass is 208 g/mol. The second-order valence-corrected chi connectivity index (χ2v) is 2.88. The SMILES string of the molecule is O=Cc1c(Cl)ncnc1-c1ccco1. The van der Waals surface area contributed by atoms with Crippen LogP contribution in [0.1, 0.15) is 10.4 Å². The molecule has 0 aliphatic rings. The quantitative estimate of drug-likeness (QED) is 0.561. The van der Waals surface area contributed by atoms with Crippen molar-refractivity contribution in [2.45, 2.75) is 0 Å². The number of carbonyl (C=O) groups excluding carboxylic acids is 1. The van der Waals surface area contributed by atoms with Gasteiger partial charge in [-0.2, -0.15) is 0 Å². The van der Waals surface area contributed by atoms with Crippen LogP contribution in [0, 0.1) is 0 Å². The van der Waals surface area contributed by atoms with Crippen LogP contribution in [0.3, 0.4) is 0 Å². The third kappa shape index (κ3) is 1.40.